The van der Waals surface area contributed by atoms with Crippen LogP contribution in [0.25, 0.3) is 0 Å². The summed E-state index contributed by atoms with van der Waals surface area (Å²) in [6, 6.07) is 3.03. The molecule has 0 aliphatic heterocycles. The number of benzene rings is 1. The molecule has 0 saturated carbocycles. The Balaban J connectivity index is 2.95. The molecule has 3 nitrogen and oxygen atoms in total. The lowest BCUT2D eigenvalue weighted by Crippen LogP contribution is -2.20. The van der Waals surface area contributed by atoms with Crippen molar-refractivity contribution >= 4 is 12.2 Å². The summed E-state index contributed by atoms with van der Waals surface area (Å²) in [4.78, 5) is 21.7. The molecule has 0 aromatic heterocycles. The topological polar surface area (TPSA) is 46.2 Å². The summed E-state index contributed by atoms with van der Waals surface area (Å²) in [5, 5.41) is 2.41. The minimum absolute atomic E-state index is 0.0259. The van der Waals surface area contributed by atoms with Crippen LogP contribution in [-0.4, -0.2) is 19.2 Å². The van der Waals surface area contributed by atoms with Crippen molar-refractivity contribution in [3.8, 4) is 0 Å². The summed E-state index contributed by atoms with van der Waals surface area (Å²) in [6.07, 6.45) is 0.713. The van der Waals surface area contributed by atoms with E-state index in [1.54, 1.807) is 0 Å². The molecule has 0 radical (unpaired) electrons. The van der Waals surface area contributed by atoms with Crippen molar-refractivity contribution in [3.63, 3.8) is 0 Å². The van der Waals surface area contributed by atoms with E-state index in [0.717, 1.165) is 18.2 Å². The Labute approximate surface area is 97.8 Å². The van der Waals surface area contributed by atoms with E-state index < -0.39 is 17.6 Å². The number of carbonyl (C=O) groups excluding carboxylic acids is 2. The zero-order valence-electron chi connectivity index (χ0n) is 9.37. The molecule has 1 aromatic rings. The van der Waals surface area contributed by atoms with Gasteiger partial charge in [-0.25, -0.2) is 8.78 Å². The van der Waals surface area contributed by atoms with Gasteiger partial charge in [-0.3, -0.25) is 4.79 Å². The van der Waals surface area contributed by atoms with Crippen LogP contribution in [0.4, 0.5) is 8.78 Å². The molecule has 1 unspecified atom stereocenters. The van der Waals surface area contributed by atoms with Gasteiger partial charge < -0.3 is 10.1 Å². The highest BCUT2D eigenvalue weighted by Gasteiger charge is 2.16. The van der Waals surface area contributed by atoms with Gasteiger partial charge in [-0.05, 0) is 23.6 Å². The van der Waals surface area contributed by atoms with Crippen LogP contribution in [0.3, 0.4) is 0 Å². The van der Waals surface area contributed by atoms with E-state index in [0.29, 0.717) is 11.8 Å². The van der Waals surface area contributed by atoms with Crippen LogP contribution < -0.4 is 5.32 Å². The monoisotopic (exact) mass is 241 g/mol. The number of aldehydes is 1. The molecule has 0 heterocycles. The highest BCUT2D eigenvalue weighted by Crippen LogP contribution is 2.24. The molecule has 1 atom stereocenters. The van der Waals surface area contributed by atoms with Gasteiger partial charge in [-0.15, -0.1) is 0 Å². The van der Waals surface area contributed by atoms with Crippen LogP contribution in [0.5, 0.6) is 0 Å². The molecular formula is C12H13F2NO2. The predicted molar refractivity (Wildman–Crippen MR) is 58.5 cm³/mol. The lowest BCUT2D eigenvalue weighted by Gasteiger charge is -2.13. The quantitative estimate of drug-likeness (QED) is 0.798. The van der Waals surface area contributed by atoms with Crippen molar-refractivity contribution in [2.45, 2.75) is 18.8 Å². The number of hydrogen-bond acceptors (Lipinski definition) is 2. The fourth-order valence-electron chi connectivity index (χ4n) is 1.59. The Morgan fingerprint density at radius 2 is 1.94 bits per heavy atom. The lowest BCUT2D eigenvalue weighted by atomic mass is 9.92. The summed E-state index contributed by atoms with van der Waals surface area (Å²) in [7, 11) is 1.46. The van der Waals surface area contributed by atoms with Gasteiger partial charge in [0.2, 0.25) is 5.91 Å². The molecule has 0 saturated heterocycles. The van der Waals surface area contributed by atoms with Crippen LogP contribution in [0, 0.1) is 11.6 Å². The zero-order chi connectivity index (χ0) is 12.8. The Hall–Kier alpha value is -1.78. The smallest absolute Gasteiger partial charge is 0.220 e. The molecular weight excluding hydrogens is 228 g/mol. The van der Waals surface area contributed by atoms with Crippen LogP contribution in [0.1, 0.15) is 24.3 Å². The Morgan fingerprint density at radius 1 is 1.35 bits per heavy atom. The van der Waals surface area contributed by atoms with E-state index in [4.69, 9.17) is 0 Å². The van der Waals surface area contributed by atoms with Crippen LogP contribution in [0.2, 0.25) is 0 Å². The molecule has 0 aliphatic rings. The van der Waals surface area contributed by atoms with Gasteiger partial charge in [0.1, 0.15) is 17.9 Å². The van der Waals surface area contributed by atoms with Gasteiger partial charge >= 0.3 is 0 Å². The van der Waals surface area contributed by atoms with E-state index in [1.807, 2.05) is 0 Å². The van der Waals surface area contributed by atoms with Gasteiger partial charge in [0.25, 0.3) is 0 Å². The summed E-state index contributed by atoms with van der Waals surface area (Å²) < 4.78 is 26.0. The molecule has 1 rings (SSSR count). The summed E-state index contributed by atoms with van der Waals surface area (Å²) in [5.41, 5.74) is 0.318. The standard InChI is InChI=1S/C12H13F2NO2/c1-15-12(17)6-8(2-3-16)9-4-10(13)7-11(14)5-9/h3-5,7-8H,2,6H2,1H3,(H,15,17). The van der Waals surface area contributed by atoms with Crippen LogP contribution in [-0.2, 0) is 9.59 Å². The fraction of sp³-hybridized carbons (Fsp3) is 0.333. The second kappa shape index (κ2) is 6.08. The average Bonchev–Trinajstić information content (AvgIpc) is 2.27. The van der Waals surface area contributed by atoms with E-state index in [9.17, 15) is 18.4 Å². The van der Waals surface area contributed by atoms with Crippen molar-refractivity contribution in [1.29, 1.82) is 0 Å². The van der Waals surface area contributed by atoms with Crippen LogP contribution in [0.15, 0.2) is 18.2 Å². The van der Waals surface area contributed by atoms with E-state index in [1.165, 1.54) is 7.05 Å². The van der Waals surface area contributed by atoms with Gasteiger partial charge in [0.05, 0.1) is 0 Å². The van der Waals surface area contributed by atoms with Crippen molar-refractivity contribution in [1.82, 2.24) is 5.32 Å². The summed E-state index contributed by atoms with van der Waals surface area (Å²) in [6.45, 7) is 0. The van der Waals surface area contributed by atoms with Gasteiger partial charge in [-0.2, -0.15) is 0 Å². The number of hydrogen-bond donors (Lipinski definition) is 1. The first-order valence-electron chi connectivity index (χ1n) is 5.17. The SMILES string of the molecule is CNC(=O)CC(CC=O)c1cc(F)cc(F)c1. The molecule has 1 aromatic carbocycles. The third kappa shape index (κ3) is 3.94. The van der Waals surface area contributed by atoms with Gasteiger partial charge in [-0.1, -0.05) is 0 Å². The summed E-state index contributed by atoms with van der Waals surface area (Å²) in [5.74, 6) is -2.21. The molecule has 1 amide bonds. The third-order valence-electron chi connectivity index (χ3n) is 2.45. The zero-order valence-corrected chi connectivity index (χ0v) is 9.37. The maximum atomic E-state index is 13.0. The van der Waals surface area contributed by atoms with Crippen molar-refractivity contribution in [3.05, 3.63) is 35.4 Å². The second-order valence-electron chi connectivity index (χ2n) is 3.68. The first-order chi connectivity index (χ1) is 8.06. The lowest BCUT2D eigenvalue weighted by molar-refractivity contribution is -0.121. The average molecular weight is 241 g/mol. The molecule has 1 N–H and O–H groups in total. The van der Waals surface area contributed by atoms with Gasteiger partial charge in [0.15, 0.2) is 0 Å². The molecule has 0 aliphatic carbocycles. The van der Waals surface area contributed by atoms with Crippen molar-refractivity contribution < 1.29 is 18.4 Å². The summed E-state index contributed by atoms with van der Waals surface area (Å²) >= 11 is 0. The van der Waals surface area contributed by atoms with Crippen molar-refractivity contribution in [2.24, 2.45) is 0 Å². The van der Waals surface area contributed by atoms with Gasteiger partial charge in [0, 0.05) is 26.0 Å². The first kappa shape index (κ1) is 13.3. The third-order valence-corrected chi connectivity index (χ3v) is 2.45. The molecule has 0 spiro atoms. The molecule has 0 fully saturated rings. The molecule has 0 bridgehead atoms. The van der Waals surface area contributed by atoms with Crippen molar-refractivity contribution in [2.75, 3.05) is 7.05 Å². The maximum Gasteiger partial charge on any atom is 0.220 e. The van der Waals surface area contributed by atoms with E-state index >= 15 is 0 Å². The number of nitrogens with one attached hydrogen (secondary N) is 1. The Morgan fingerprint density at radius 3 is 2.41 bits per heavy atom. The second-order valence-corrected chi connectivity index (χ2v) is 3.68. The number of carbonyl (C=O) groups is 2. The highest BCUT2D eigenvalue weighted by atomic mass is 19.1. The Bertz CT molecular complexity index is 401. The maximum absolute atomic E-state index is 13.0. The molecule has 17 heavy (non-hydrogen) atoms. The predicted octanol–water partition coefficient (Wildman–Crippen LogP) is 1.77. The first-order valence-corrected chi connectivity index (χ1v) is 5.17. The number of amides is 1. The largest absolute Gasteiger partial charge is 0.359 e. The molecule has 5 heteroatoms. The highest BCUT2D eigenvalue weighted by molar-refractivity contribution is 5.77. The van der Waals surface area contributed by atoms with E-state index in [-0.39, 0.29) is 18.7 Å². The Kier molecular flexibility index (Phi) is 4.75. The normalized spacial score (nSPS) is 11.9. The van der Waals surface area contributed by atoms with E-state index in [2.05, 4.69) is 5.32 Å². The fourth-order valence-corrected chi connectivity index (χ4v) is 1.59. The number of halogens is 2. The molecule has 92 valence electrons. The minimum atomic E-state index is -0.715. The number of rotatable bonds is 5. The minimum Gasteiger partial charge on any atom is -0.359 e. The van der Waals surface area contributed by atoms with Crippen LogP contribution >= 0.6 is 0 Å².